The number of aromatic hydroxyl groups is 1. The first-order valence-corrected chi connectivity index (χ1v) is 8.31. The van der Waals surface area contributed by atoms with Gasteiger partial charge in [0.15, 0.2) is 5.43 Å². The fourth-order valence-corrected chi connectivity index (χ4v) is 3.07. The van der Waals surface area contributed by atoms with E-state index in [0.29, 0.717) is 10.6 Å². The Balaban J connectivity index is 2.28. The lowest BCUT2D eigenvalue weighted by molar-refractivity contribution is -0.140. The minimum atomic E-state index is -1.12. The van der Waals surface area contributed by atoms with Crippen molar-refractivity contribution in [1.82, 2.24) is 0 Å². The third-order valence-electron chi connectivity index (χ3n) is 4.17. The maximum Gasteiger partial charge on any atom is 0.343 e. The van der Waals surface area contributed by atoms with Gasteiger partial charge in [0, 0.05) is 22.6 Å². The molecule has 2 aromatic heterocycles. The van der Waals surface area contributed by atoms with E-state index >= 15 is 0 Å². The topological polar surface area (TPSA) is 107 Å². The van der Waals surface area contributed by atoms with E-state index in [-0.39, 0.29) is 34.4 Å². The van der Waals surface area contributed by atoms with Crippen LogP contribution < -0.4 is 11.1 Å². The van der Waals surface area contributed by atoms with Gasteiger partial charge >= 0.3 is 11.6 Å². The highest BCUT2D eigenvalue weighted by molar-refractivity contribution is 6.31. The number of hydrogen-bond donors (Lipinski definition) is 1. The van der Waals surface area contributed by atoms with E-state index in [0.717, 1.165) is 6.26 Å². The van der Waals surface area contributed by atoms with Crippen LogP contribution in [0.25, 0.3) is 11.0 Å². The quantitative estimate of drug-likeness (QED) is 0.682. The molecule has 3 rings (SSSR count). The SMILES string of the molecule is COC(=O)C[C@@H](c1c(O)cc(C)oc1=O)c1coc2ccc(Cl)cc2c1=O. The van der Waals surface area contributed by atoms with Crippen LogP contribution in [-0.2, 0) is 9.53 Å². The largest absolute Gasteiger partial charge is 0.507 e. The summed E-state index contributed by atoms with van der Waals surface area (Å²) in [4.78, 5) is 37.2. The van der Waals surface area contributed by atoms with Crippen LogP contribution in [0.15, 0.2) is 49.0 Å². The molecule has 3 aromatic rings. The molecular formula is C19H15ClO7. The molecule has 0 aliphatic carbocycles. The van der Waals surface area contributed by atoms with Gasteiger partial charge in [0.2, 0.25) is 0 Å². The Kier molecular flexibility index (Phi) is 5.05. The first-order chi connectivity index (χ1) is 12.8. The van der Waals surface area contributed by atoms with E-state index in [4.69, 9.17) is 20.4 Å². The summed E-state index contributed by atoms with van der Waals surface area (Å²) in [6, 6.07) is 5.77. The first kappa shape index (κ1) is 18.7. The van der Waals surface area contributed by atoms with Gasteiger partial charge in [-0.2, -0.15) is 0 Å². The lowest BCUT2D eigenvalue weighted by atomic mass is 9.89. The Morgan fingerprint density at radius 1 is 1.30 bits per heavy atom. The second-order valence-electron chi connectivity index (χ2n) is 5.94. The average molecular weight is 391 g/mol. The number of aryl methyl sites for hydroxylation is 1. The highest BCUT2D eigenvalue weighted by Gasteiger charge is 2.29. The lowest BCUT2D eigenvalue weighted by Gasteiger charge is -2.16. The van der Waals surface area contributed by atoms with Crippen LogP contribution in [0.5, 0.6) is 5.75 Å². The fraction of sp³-hybridized carbons (Fsp3) is 0.211. The fourth-order valence-electron chi connectivity index (χ4n) is 2.90. The van der Waals surface area contributed by atoms with Crippen molar-refractivity contribution in [1.29, 1.82) is 0 Å². The molecule has 7 nitrogen and oxygen atoms in total. The molecular weight excluding hydrogens is 376 g/mol. The van der Waals surface area contributed by atoms with Crippen LogP contribution in [0.2, 0.25) is 5.02 Å². The minimum Gasteiger partial charge on any atom is -0.507 e. The van der Waals surface area contributed by atoms with Crippen molar-refractivity contribution in [3.8, 4) is 5.75 Å². The number of fused-ring (bicyclic) bond motifs is 1. The zero-order chi connectivity index (χ0) is 19.7. The van der Waals surface area contributed by atoms with Crippen LogP contribution >= 0.6 is 11.6 Å². The lowest BCUT2D eigenvalue weighted by Crippen LogP contribution is -2.23. The Bertz CT molecular complexity index is 1140. The number of halogens is 1. The van der Waals surface area contributed by atoms with Gasteiger partial charge in [-0.15, -0.1) is 0 Å². The van der Waals surface area contributed by atoms with Crippen molar-refractivity contribution in [2.24, 2.45) is 0 Å². The van der Waals surface area contributed by atoms with E-state index in [2.05, 4.69) is 4.74 Å². The smallest absolute Gasteiger partial charge is 0.343 e. The van der Waals surface area contributed by atoms with Crippen LogP contribution in [0, 0.1) is 6.92 Å². The van der Waals surface area contributed by atoms with E-state index in [1.165, 1.54) is 32.2 Å². The van der Waals surface area contributed by atoms with Crippen LogP contribution in [-0.4, -0.2) is 18.2 Å². The number of hydrogen-bond acceptors (Lipinski definition) is 7. The predicted molar refractivity (Wildman–Crippen MR) is 97.3 cm³/mol. The molecule has 0 aliphatic heterocycles. The summed E-state index contributed by atoms with van der Waals surface area (Å²) >= 11 is 5.95. The van der Waals surface area contributed by atoms with E-state index in [1.54, 1.807) is 6.07 Å². The standard InChI is InChI=1S/C19H15ClO7/c1-9-5-14(21)17(19(24)27-9)11(7-16(22)25-2)13-8-26-15-4-3-10(20)6-12(15)18(13)23/h3-6,8,11,21H,7H2,1-2H3/t11-/m1/s1. The Morgan fingerprint density at radius 2 is 2.04 bits per heavy atom. The van der Waals surface area contributed by atoms with Crippen molar-refractivity contribution in [2.45, 2.75) is 19.3 Å². The second kappa shape index (κ2) is 7.28. The van der Waals surface area contributed by atoms with Crippen LogP contribution in [0.1, 0.15) is 29.2 Å². The van der Waals surface area contributed by atoms with Gasteiger partial charge in [-0.05, 0) is 25.1 Å². The highest BCUT2D eigenvalue weighted by Crippen LogP contribution is 2.32. The average Bonchev–Trinajstić information content (AvgIpc) is 2.61. The Hall–Kier alpha value is -3.06. The molecule has 0 fully saturated rings. The van der Waals surface area contributed by atoms with Gasteiger partial charge in [0.05, 0.1) is 30.7 Å². The molecule has 0 saturated heterocycles. The van der Waals surface area contributed by atoms with Gasteiger partial charge in [0.25, 0.3) is 0 Å². The minimum absolute atomic E-state index is 0.00150. The van der Waals surface area contributed by atoms with Gasteiger partial charge in [0.1, 0.15) is 17.1 Å². The van der Waals surface area contributed by atoms with E-state index < -0.39 is 22.9 Å². The normalized spacial score (nSPS) is 12.1. The number of benzene rings is 1. The number of methoxy groups -OCH3 is 1. The molecule has 0 saturated carbocycles. The summed E-state index contributed by atoms with van der Waals surface area (Å²) in [7, 11) is 1.18. The molecule has 1 aromatic carbocycles. The first-order valence-electron chi connectivity index (χ1n) is 7.93. The Morgan fingerprint density at radius 3 is 2.70 bits per heavy atom. The van der Waals surface area contributed by atoms with E-state index in [9.17, 15) is 19.5 Å². The highest BCUT2D eigenvalue weighted by atomic mass is 35.5. The number of rotatable bonds is 4. The van der Waals surface area contributed by atoms with Crippen molar-refractivity contribution in [2.75, 3.05) is 7.11 Å². The summed E-state index contributed by atoms with van der Waals surface area (Å²) in [5.41, 5.74) is -1.26. The number of esters is 1. The molecule has 1 N–H and O–H groups in total. The molecule has 0 unspecified atom stereocenters. The van der Waals surface area contributed by atoms with Gasteiger partial charge in [-0.3, -0.25) is 9.59 Å². The molecule has 0 bridgehead atoms. The molecule has 27 heavy (non-hydrogen) atoms. The summed E-state index contributed by atoms with van der Waals surface area (Å²) in [5, 5.41) is 10.8. The monoisotopic (exact) mass is 390 g/mol. The summed E-state index contributed by atoms with van der Waals surface area (Å²) in [6.45, 7) is 1.49. The molecule has 1 atom stereocenters. The van der Waals surface area contributed by atoms with Crippen LogP contribution in [0.3, 0.4) is 0 Å². The zero-order valence-electron chi connectivity index (χ0n) is 14.4. The second-order valence-corrected chi connectivity index (χ2v) is 6.37. The zero-order valence-corrected chi connectivity index (χ0v) is 15.2. The third kappa shape index (κ3) is 3.59. The van der Waals surface area contributed by atoms with Gasteiger partial charge < -0.3 is 18.7 Å². The molecule has 0 aliphatic rings. The van der Waals surface area contributed by atoms with Crippen LogP contribution in [0.4, 0.5) is 0 Å². The van der Waals surface area contributed by atoms with Gasteiger partial charge in [-0.25, -0.2) is 4.79 Å². The summed E-state index contributed by atoms with van der Waals surface area (Å²) in [6.07, 6.45) is 0.791. The number of carbonyl (C=O) groups is 1. The summed E-state index contributed by atoms with van der Waals surface area (Å²) in [5.74, 6) is -1.99. The maximum absolute atomic E-state index is 13.0. The molecule has 140 valence electrons. The predicted octanol–water partition coefficient (Wildman–Crippen LogP) is 3.11. The van der Waals surface area contributed by atoms with Crippen molar-refractivity contribution < 1.29 is 23.5 Å². The number of carbonyl (C=O) groups excluding carboxylic acids is 1. The molecule has 2 heterocycles. The molecule has 0 spiro atoms. The molecule has 0 radical (unpaired) electrons. The third-order valence-corrected chi connectivity index (χ3v) is 4.41. The van der Waals surface area contributed by atoms with E-state index in [1.807, 2.05) is 0 Å². The van der Waals surface area contributed by atoms with Crippen molar-refractivity contribution in [3.63, 3.8) is 0 Å². The molecule has 8 heteroatoms. The Labute approximate surface area is 157 Å². The van der Waals surface area contributed by atoms with Crippen molar-refractivity contribution in [3.05, 3.63) is 73.1 Å². The van der Waals surface area contributed by atoms with Crippen molar-refractivity contribution >= 4 is 28.5 Å². The summed E-state index contributed by atoms with van der Waals surface area (Å²) < 4.78 is 15.2. The van der Waals surface area contributed by atoms with Gasteiger partial charge in [-0.1, -0.05) is 11.6 Å². The maximum atomic E-state index is 13.0. The number of ether oxygens (including phenoxy) is 1. The molecule has 0 amide bonds.